The lowest BCUT2D eigenvalue weighted by atomic mass is 9.86. The van der Waals surface area contributed by atoms with Gasteiger partial charge in [0.05, 0.1) is 26.9 Å². The molecule has 1 aromatic carbocycles. The summed E-state index contributed by atoms with van der Waals surface area (Å²) in [5, 5.41) is 7.32. The normalized spacial score (nSPS) is 19.9. The summed E-state index contributed by atoms with van der Waals surface area (Å²) < 4.78 is 34.2. The van der Waals surface area contributed by atoms with Crippen LogP contribution in [0.3, 0.4) is 0 Å². The van der Waals surface area contributed by atoms with Crippen molar-refractivity contribution in [3.05, 3.63) is 29.4 Å². The highest BCUT2D eigenvalue weighted by molar-refractivity contribution is 7.89. The predicted molar refractivity (Wildman–Crippen MR) is 157 cm³/mol. The Morgan fingerprint density at radius 2 is 1.80 bits per heavy atom. The number of likely N-dealkylation sites (tertiary alicyclic amines) is 1. The van der Waals surface area contributed by atoms with E-state index in [1.54, 1.807) is 19.2 Å². The number of hydrogen-bond acceptors (Lipinski definition) is 8. The van der Waals surface area contributed by atoms with Gasteiger partial charge in [0, 0.05) is 55.0 Å². The molecule has 4 rings (SSSR count). The van der Waals surface area contributed by atoms with E-state index >= 15 is 0 Å². The molecule has 0 spiro atoms. The van der Waals surface area contributed by atoms with Gasteiger partial charge in [0.1, 0.15) is 0 Å². The molecule has 0 atom stereocenters. The number of sulfonamides is 1. The number of nitrogens with one attached hydrogen (secondary N) is 3. The molecule has 1 aliphatic heterocycles. The molecule has 2 amide bonds. The van der Waals surface area contributed by atoms with Gasteiger partial charge in [-0.05, 0) is 51.7 Å². The fourth-order valence-corrected chi connectivity index (χ4v) is 7.63. The molecule has 2 aliphatic rings. The van der Waals surface area contributed by atoms with E-state index in [0.29, 0.717) is 24.3 Å². The van der Waals surface area contributed by atoms with Crippen LogP contribution in [0.5, 0.6) is 0 Å². The number of amides is 2. The van der Waals surface area contributed by atoms with Crippen LogP contribution in [0, 0.1) is 5.92 Å². The zero-order chi connectivity index (χ0) is 29.0. The van der Waals surface area contributed by atoms with E-state index in [1.165, 1.54) is 11.3 Å². The van der Waals surface area contributed by atoms with Crippen molar-refractivity contribution in [2.24, 2.45) is 5.92 Å². The summed E-state index contributed by atoms with van der Waals surface area (Å²) in [6.45, 7) is 10.7. The van der Waals surface area contributed by atoms with Crippen LogP contribution >= 0.6 is 11.3 Å². The number of rotatable bonds is 10. The minimum atomic E-state index is -3.74. The molecule has 1 aliphatic carbocycles. The van der Waals surface area contributed by atoms with Crippen molar-refractivity contribution >= 4 is 39.0 Å². The number of hydrogen-bond donors (Lipinski definition) is 3. The van der Waals surface area contributed by atoms with Gasteiger partial charge in [-0.15, -0.1) is 11.3 Å². The number of ether oxygens (including phenoxy) is 1. The standard InChI is InChI=1S/C28H41N5O5S2/c1-6-30-40(36,37)25-13-21(31-22-15-33(16-22)27(34)17(2)3)11-12-23(25)24-14-29-26(39-24)19-7-9-20(10-8-19)32-28(35)38-18(4)5/h11-14,17-20,22,30-31H,6-10,15-16H2,1-5H3,(H,32,35)/t19-,20-. The first-order valence-corrected chi connectivity index (χ1v) is 16.4. The quantitative estimate of drug-likeness (QED) is 0.370. The van der Waals surface area contributed by atoms with Crippen LogP contribution in [-0.2, 0) is 19.6 Å². The topological polar surface area (TPSA) is 130 Å². The minimum absolute atomic E-state index is 0.0402. The molecule has 0 unspecified atom stereocenters. The first-order valence-electron chi connectivity index (χ1n) is 14.1. The van der Waals surface area contributed by atoms with Gasteiger partial charge in [-0.1, -0.05) is 26.8 Å². The number of anilines is 1. The van der Waals surface area contributed by atoms with Gasteiger partial charge in [0.25, 0.3) is 0 Å². The number of nitrogens with zero attached hydrogens (tertiary/aromatic N) is 2. The highest BCUT2D eigenvalue weighted by Gasteiger charge is 2.32. The van der Waals surface area contributed by atoms with Crippen LogP contribution < -0.4 is 15.4 Å². The number of carbonyl (C=O) groups excluding carboxylic acids is 2. The summed E-state index contributed by atoms with van der Waals surface area (Å²) in [5.74, 6) is 0.354. The van der Waals surface area contributed by atoms with Crippen LogP contribution in [0.15, 0.2) is 29.3 Å². The number of alkyl carbamates (subject to hydrolysis) is 1. The average molecular weight is 592 g/mol. The van der Waals surface area contributed by atoms with E-state index in [0.717, 1.165) is 35.6 Å². The second kappa shape index (κ2) is 12.9. The van der Waals surface area contributed by atoms with Crippen LogP contribution in [-0.4, -0.2) is 68.1 Å². The lowest BCUT2D eigenvalue weighted by Gasteiger charge is -2.41. The van der Waals surface area contributed by atoms with Gasteiger partial charge in [0.15, 0.2) is 0 Å². The van der Waals surface area contributed by atoms with Crippen LogP contribution in [0.1, 0.15) is 71.2 Å². The maximum Gasteiger partial charge on any atom is 0.407 e. The predicted octanol–water partition coefficient (Wildman–Crippen LogP) is 4.55. The molecule has 40 heavy (non-hydrogen) atoms. The van der Waals surface area contributed by atoms with Crippen molar-refractivity contribution in [2.75, 3.05) is 25.0 Å². The molecule has 0 radical (unpaired) electrons. The van der Waals surface area contributed by atoms with Crippen molar-refractivity contribution < 1.29 is 22.7 Å². The Bertz CT molecular complexity index is 1300. The molecule has 3 N–H and O–H groups in total. The van der Waals surface area contributed by atoms with E-state index in [4.69, 9.17) is 4.74 Å². The lowest BCUT2D eigenvalue weighted by Crippen LogP contribution is -2.57. The Labute approximate surface area is 241 Å². The van der Waals surface area contributed by atoms with Crippen molar-refractivity contribution in [3.8, 4) is 10.4 Å². The van der Waals surface area contributed by atoms with Crippen molar-refractivity contribution in [2.45, 2.75) is 89.3 Å². The molecular formula is C28H41N5O5S2. The van der Waals surface area contributed by atoms with E-state index in [-0.39, 0.29) is 53.5 Å². The summed E-state index contributed by atoms with van der Waals surface area (Å²) in [6, 6.07) is 5.56. The van der Waals surface area contributed by atoms with Gasteiger partial charge in [-0.25, -0.2) is 22.9 Å². The monoisotopic (exact) mass is 591 g/mol. The van der Waals surface area contributed by atoms with E-state index in [2.05, 4.69) is 20.3 Å². The Hall–Kier alpha value is -2.70. The van der Waals surface area contributed by atoms with Crippen LogP contribution in [0.2, 0.25) is 0 Å². The van der Waals surface area contributed by atoms with E-state index < -0.39 is 10.0 Å². The Morgan fingerprint density at radius 1 is 1.10 bits per heavy atom. The number of carbonyl (C=O) groups is 2. The molecule has 1 aromatic heterocycles. The van der Waals surface area contributed by atoms with Crippen molar-refractivity contribution in [3.63, 3.8) is 0 Å². The smallest absolute Gasteiger partial charge is 0.407 e. The molecule has 220 valence electrons. The first-order chi connectivity index (χ1) is 19.0. The van der Waals surface area contributed by atoms with Gasteiger partial charge in [-0.2, -0.15) is 0 Å². The Kier molecular flexibility index (Phi) is 9.73. The summed E-state index contributed by atoms with van der Waals surface area (Å²) in [6.07, 6.45) is 4.70. The molecular weight excluding hydrogens is 550 g/mol. The Morgan fingerprint density at radius 3 is 2.42 bits per heavy atom. The van der Waals surface area contributed by atoms with Crippen LogP contribution in [0.4, 0.5) is 10.5 Å². The zero-order valence-electron chi connectivity index (χ0n) is 23.9. The van der Waals surface area contributed by atoms with Crippen molar-refractivity contribution in [1.82, 2.24) is 19.9 Å². The van der Waals surface area contributed by atoms with E-state index in [9.17, 15) is 18.0 Å². The van der Waals surface area contributed by atoms with Crippen molar-refractivity contribution in [1.29, 1.82) is 0 Å². The molecule has 2 heterocycles. The summed E-state index contributed by atoms with van der Waals surface area (Å²) in [7, 11) is -3.74. The summed E-state index contributed by atoms with van der Waals surface area (Å²) in [4.78, 5) is 31.6. The average Bonchev–Trinajstić information content (AvgIpc) is 3.35. The molecule has 2 aromatic rings. The third kappa shape index (κ3) is 7.32. The molecule has 1 saturated heterocycles. The SMILES string of the molecule is CCNS(=O)(=O)c1cc(NC2CN(C(=O)C(C)C)C2)ccc1-c1cnc([C@H]2CC[C@H](NC(=O)OC(C)C)CC2)s1. The second-order valence-corrected chi connectivity index (χ2v) is 14.0. The maximum atomic E-state index is 13.2. The largest absolute Gasteiger partial charge is 0.447 e. The fourth-order valence-electron chi connectivity index (χ4n) is 5.16. The van der Waals surface area contributed by atoms with Gasteiger partial charge >= 0.3 is 6.09 Å². The zero-order valence-corrected chi connectivity index (χ0v) is 25.5. The van der Waals surface area contributed by atoms with Gasteiger partial charge in [-0.3, -0.25) is 4.79 Å². The lowest BCUT2D eigenvalue weighted by molar-refractivity contribution is -0.138. The van der Waals surface area contributed by atoms with Gasteiger partial charge < -0.3 is 20.3 Å². The third-order valence-corrected chi connectivity index (χ3v) is 9.97. The Balaban J connectivity index is 1.46. The number of benzene rings is 1. The first kappa shape index (κ1) is 30.3. The van der Waals surface area contributed by atoms with Crippen LogP contribution in [0.25, 0.3) is 10.4 Å². The molecule has 2 fully saturated rings. The van der Waals surface area contributed by atoms with Gasteiger partial charge in [0.2, 0.25) is 15.9 Å². The summed E-state index contributed by atoms with van der Waals surface area (Å²) in [5.41, 5.74) is 1.32. The third-order valence-electron chi connectivity index (χ3n) is 7.19. The highest BCUT2D eigenvalue weighted by Crippen LogP contribution is 2.40. The second-order valence-electron chi connectivity index (χ2n) is 11.2. The molecule has 1 saturated carbocycles. The maximum absolute atomic E-state index is 13.2. The molecule has 0 bridgehead atoms. The molecule has 12 heteroatoms. The number of aromatic nitrogens is 1. The minimum Gasteiger partial charge on any atom is -0.447 e. The highest BCUT2D eigenvalue weighted by atomic mass is 32.2. The fraction of sp³-hybridized carbons (Fsp3) is 0.607. The van der Waals surface area contributed by atoms with E-state index in [1.807, 2.05) is 44.7 Å². The number of thiazole rings is 1. The molecule has 10 nitrogen and oxygen atoms in total. The summed E-state index contributed by atoms with van der Waals surface area (Å²) >= 11 is 1.53.